The number of thiophene rings is 1. The van der Waals surface area contributed by atoms with Gasteiger partial charge in [0.15, 0.2) is 0 Å². The van der Waals surface area contributed by atoms with E-state index < -0.39 is 12.1 Å². The van der Waals surface area contributed by atoms with E-state index in [9.17, 15) is 14.7 Å². The zero-order chi connectivity index (χ0) is 23.3. The largest absolute Gasteiger partial charge is 0.477 e. The van der Waals surface area contributed by atoms with Gasteiger partial charge < -0.3 is 19.8 Å². The number of amides is 1. The summed E-state index contributed by atoms with van der Waals surface area (Å²) in [5, 5.41) is 19.0. The summed E-state index contributed by atoms with van der Waals surface area (Å²) in [6.07, 6.45) is 6.72. The van der Waals surface area contributed by atoms with Crippen molar-refractivity contribution in [3.63, 3.8) is 0 Å². The van der Waals surface area contributed by atoms with E-state index in [0.717, 1.165) is 37.0 Å². The molecule has 0 bridgehead atoms. The molecule has 0 unspecified atom stereocenters. The first-order valence-corrected chi connectivity index (χ1v) is 12.5. The Hall–Kier alpha value is -1.88. The molecule has 3 rings (SSSR count). The standard InChI is InChI=1S/C25H35NO5S/c1-25(2,3)13-12-18-15-19(22(32-18)24(29)30)26-20(17-9-5-4-6-10-17)16-31-21(23(26)28)11-7-8-14-27/h15,17,20-21,27H,4-11,14,16H2,1-3H3,(H,29,30)/t20-,21-/m0/s1. The third kappa shape index (κ3) is 6.12. The van der Waals surface area contributed by atoms with Crippen LogP contribution in [0.25, 0.3) is 0 Å². The highest BCUT2D eigenvalue weighted by atomic mass is 32.1. The first kappa shape index (κ1) is 24.8. The summed E-state index contributed by atoms with van der Waals surface area (Å²) in [6.45, 7) is 6.52. The number of carbonyl (C=O) groups is 2. The number of ether oxygens (including phenoxy) is 1. The molecule has 1 aliphatic carbocycles. The molecule has 1 aromatic rings. The lowest BCUT2D eigenvalue weighted by molar-refractivity contribution is -0.138. The molecule has 6 nitrogen and oxygen atoms in total. The van der Waals surface area contributed by atoms with Gasteiger partial charge in [0.2, 0.25) is 0 Å². The minimum absolute atomic E-state index is 0.0822. The summed E-state index contributed by atoms with van der Waals surface area (Å²) in [5.41, 5.74) is 0.252. The van der Waals surface area contributed by atoms with Crippen LogP contribution in [0.2, 0.25) is 0 Å². The van der Waals surface area contributed by atoms with E-state index in [1.807, 2.05) is 20.8 Å². The molecule has 2 fully saturated rings. The van der Waals surface area contributed by atoms with E-state index >= 15 is 0 Å². The average molecular weight is 462 g/mol. The number of aliphatic hydroxyl groups is 1. The highest BCUT2D eigenvalue weighted by Crippen LogP contribution is 2.39. The lowest BCUT2D eigenvalue weighted by Crippen LogP contribution is -2.57. The minimum Gasteiger partial charge on any atom is -0.477 e. The number of morpholine rings is 1. The zero-order valence-corrected chi connectivity index (χ0v) is 20.2. The second-order valence-corrected chi connectivity index (χ2v) is 10.9. The van der Waals surface area contributed by atoms with Gasteiger partial charge in [-0.15, -0.1) is 11.3 Å². The lowest BCUT2D eigenvalue weighted by atomic mass is 9.82. The van der Waals surface area contributed by atoms with Crippen molar-refractivity contribution in [2.24, 2.45) is 11.3 Å². The van der Waals surface area contributed by atoms with Crippen molar-refractivity contribution in [1.29, 1.82) is 0 Å². The number of anilines is 1. The smallest absolute Gasteiger partial charge is 0.348 e. The Kier molecular flexibility index (Phi) is 8.37. The van der Waals surface area contributed by atoms with Crippen LogP contribution in [-0.4, -0.2) is 47.4 Å². The third-order valence-corrected chi connectivity index (χ3v) is 7.14. The maximum absolute atomic E-state index is 13.6. The fourth-order valence-corrected chi connectivity index (χ4v) is 5.36. The molecule has 2 N–H and O–H groups in total. The summed E-state index contributed by atoms with van der Waals surface area (Å²) in [6, 6.07) is 1.62. The monoisotopic (exact) mass is 461 g/mol. The summed E-state index contributed by atoms with van der Waals surface area (Å²) >= 11 is 1.13. The molecule has 1 saturated carbocycles. The van der Waals surface area contributed by atoms with Crippen molar-refractivity contribution >= 4 is 28.9 Å². The summed E-state index contributed by atoms with van der Waals surface area (Å²) in [4.78, 5) is 28.3. The Labute approximate surface area is 195 Å². The molecule has 1 aliphatic heterocycles. The Bertz CT molecular complexity index is 869. The van der Waals surface area contributed by atoms with Crippen molar-refractivity contribution in [2.75, 3.05) is 18.1 Å². The Morgan fingerprint density at radius 3 is 2.59 bits per heavy atom. The number of carbonyl (C=O) groups excluding carboxylic acids is 1. The average Bonchev–Trinajstić information content (AvgIpc) is 3.18. The predicted octanol–water partition coefficient (Wildman–Crippen LogP) is 4.69. The molecule has 7 heteroatoms. The van der Waals surface area contributed by atoms with E-state index in [-0.39, 0.29) is 28.8 Å². The normalized spacial score (nSPS) is 22.5. The molecule has 2 aliphatic rings. The van der Waals surface area contributed by atoms with Gasteiger partial charge in [-0.1, -0.05) is 31.1 Å². The second kappa shape index (κ2) is 10.8. The van der Waals surface area contributed by atoms with Gasteiger partial charge in [-0.05, 0) is 64.9 Å². The fraction of sp³-hybridized carbons (Fsp3) is 0.680. The Morgan fingerprint density at radius 2 is 1.97 bits per heavy atom. The molecular formula is C25H35NO5S. The molecule has 1 aromatic heterocycles. The van der Waals surface area contributed by atoms with Crippen LogP contribution in [0.4, 0.5) is 5.69 Å². The van der Waals surface area contributed by atoms with E-state index in [1.165, 1.54) is 6.42 Å². The third-order valence-electron chi connectivity index (χ3n) is 6.11. The molecule has 0 spiro atoms. The van der Waals surface area contributed by atoms with Crippen LogP contribution in [0.15, 0.2) is 6.07 Å². The van der Waals surface area contributed by atoms with Crippen LogP contribution in [0, 0.1) is 23.2 Å². The van der Waals surface area contributed by atoms with Crippen LogP contribution in [0.5, 0.6) is 0 Å². The molecule has 0 radical (unpaired) electrons. The van der Waals surface area contributed by atoms with Crippen molar-refractivity contribution in [2.45, 2.75) is 84.3 Å². The predicted molar refractivity (Wildman–Crippen MR) is 126 cm³/mol. The van der Waals surface area contributed by atoms with Crippen molar-refractivity contribution in [3.8, 4) is 11.8 Å². The maximum Gasteiger partial charge on any atom is 0.348 e. The molecular weight excluding hydrogens is 426 g/mol. The van der Waals surface area contributed by atoms with Crippen LogP contribution in [0.1, 0.15) is 86.7 Å². The lowest BCUT2D eigenvalue weighted by Gasteiger charge is -2.44. The first-order chi connectivity index (χ1) is 15.2. The molecule has 0 aromatic carbocycles. The van der Waals surface area contributed by atoms with Crippen LogP contribution in [0.3, 0.4) is 0 Å². The first-order valence-electron chi connectivity index (χ1n) is 11.7. The van der Waals surface area contributed by atoms with Gasteiger partial charge in [-0.3, -0.25) is 4.79 Å². The van der Waals surface area contributed by atoms with Crippen molar-refractivity contribution in [3.05, 3.63) is 15.8 Å². The minimum atomic E-state index is -1.03. The van der Waals surface area contributed by atoms with Gasteiger partial charge >= 0.3 is 5.97 Å². The quantitative estimate of drug-likeness (QED) is 0.454. The summed E-state index contributed by atoms with van der Waals surface area (Å²) < 4.78 is 6.01. The molecule has 32 heavy (non-hydrogen) atoms. The number of nitrogens with zero attached hydrogens (tertiary/aromatic N) is 1. The number of hydrogen-bond acceptors (Lipinski definition) is 5. The number of aliphatic hydroxyl groups excluding tert-OH is 1. The van der Waals surface area contributed by atoms with Crippen LogP contribution in [-0.2, 0) is 9.53 Å². The second-order valence-electron chi connectivity index (χ2n) is 9.85. The van der Waals surface area contributed by atoms with Crippen LogP contribution >= 0.6 is 11.3 Å². The van der Waals surface area contributed by atoms with Crippen molar-refractivity contribution < 1.29 is 24.5 Å². The summed E-state index contributed by atoms with van der Waals surface area (Å²) in [7, 11) is 0. The number of carboxylic acid groups (broad SMARTS) is 1. The van der Waals surface area contributed by atoms with E-state index in [2.05, 4.69) is 11.8 Å². The van der Waals surface area contributed by atoms with Crippen molar-refractivity contribution in [1.82, 2.24) is 0 Å². The summed E-state index contributed by atoms with van der Waals surface area (Å²) in [5.74, 6) is 5.38. The van der Waals surface area contributed by atoms with Gasteiger partial charge in [0.05, 0.1) is 23.2 Å². The zero-order valence-electron chi connectivity index (χ0n) is 19.4. The number of rotatable bonds is 7. The number of carboxylic acids is 1. The number of unbranched alkanes of at least 4 members (excludes halogenated alkanes) is 1. The molecule has 2 heterocycles. The number of hydrogen-bond donors (Lipinski definition) is 2. The van der Waals surface area contributed by atoms with E-state index in [1.54, 1.807) is 11.0 Å². The maximum atomic E-state index is 13.6. The highest BCUT2D eigenvalue weighted by Gasteiger charge is 2.42. The van der Waals surface area contributed by atoms with E-state index in [0.29, 0.717) is 42.4 Å². The fourth-order valence-electron chi connectivity index (χ4n) is 4.51. The van der Waals surface area contributed by atoms with Gasteiger partial charge in [-0.25, -0.2) is 4.79 Å². The van der Waals surface area contributed by atoms with Gasteiger partial charge in [0, 0.05) is 12.0 Å². The van der Waals surface area contributed by atoms with Gasteiger partial charge in [0.1, 0.15) is 11.0 Å². The molecule has 1 saturated heterocycles. The molecule has 176 valence electrons. The molecule has 2 atom stereocenters. The highest BCUT2D eigenvalue weighted by molar-refractivity contribution is 7.15. The topological polar surface area (TPSA) is 87.1 Å². The van der Waals surface area contributed by atoms with Gasteiger partial charge in [-0.2, -0.15) is 0 Å². The SMILES string of the molecule is CC(C)(C)C#Cc1cc(N2C(=O)[C@H](CCCCO)OC[C@H]2C2CCCCC2)c(C(=O)O)s1. The Balaban J connectivity index is 1.98. The Morgan fingerprint density at radius 1 is 1.25 bits per heavy atom. The van der Waals surface area contributed by atoms with Gasteiger partial charge in [0.25, 0.3) is 5.91 Å². The van der Waals surface area contributed by atoms with Crippen LogP contribution < -0.4 is 4.90 Å². The number of aromatic carboxylic acids is 1. The van der Waals surface area contributed by atoms with E-state index in [4.69, 9.17) is 9.84 Å². The molecule has 1 amide bonds.